The summed E-state index contributed by atoms with van der Waals surface area (Å²) in [6.45, 7) is 0. The lowest BCUT2D eigenvalue weighted by atomic mass is 10.2. The molecule has 0 unspecified atom stereocenters. The van der Waals surface area contributed by atoms with Crippen LogP contribution in [0.1, 0.15) is 12.1 Å². The summed E-state index contributed by atoms with van der Waals surface area (Å²) < 4.78 is 1.42. The van der Waals surface area contributed by atoms with Gasteiger partial charge in [-0.05, 0) is 24.3 Å². The van der Waals surface area contributed by atoms with Crippen molar-refractivity contribution in [3.63, 3.8) is 0 Å². The third-order valence-corrected chi connectivity index (χ3v) is 3.11. The van der Waals surface area contributed by atoms with Crippen molar-refractivity contribution >= 4 is 17.2 Å². The molecule has 0 spiro atoms. The predicted molar refractivity (Wildman–Crippen MR) is 80.4 cm³/mol. The first-order chi connectivity index (χ1) is 10.7. The van der Waals surface area contributed by atoms with Crippen LogP contribution in [-0.2, 0) is 11.2 Å². The SMILES string of the molecule is O=C(CCc1nnc2ccccn2c1=O)Nc1cccnc1. The molecule has 7 heteroatoms. The van der Waals surface area contributed by atoms with Crippen LogP contribution >= 0.6 is 0 Å². The molecule has 3 heterocycles. The van der Waals surface area contributed by atoms with Crippen LogP contribution in [0.15, 0.2) is 53.7 Å². The third-order valence-electron chi connectivity index (χ3n) is 3.11. The molecule has 0 aliphatic heterocycles. The van der Waals surface area contributed by atoms with Gasteiger partial charge >= 0.3 is 0 Å². The number of hydrogen-bond acceptors (Lipinski definition) is 5. The maximum absolute atomic E-state index is 12.2. The molecule has 3 aromatic rings. The molecule has 0 saturated heterocycles. The summed E-state index contributed by atoms with van der Waals surface area (Å²) in [5.41, 5.74) is 1.12. The Bertz CT molecular complexity index is 860. The van der Waals surface area contributed by atoms with Crippen LogP contribution in [0, 0.1) is 0 Å². The number of fused-ring (bicyclic) bond motifs is 1. The lowest BCUT2D eigenvalue weighted by Gasteiger charge is -2.04. The summed E-state index contributed by atoms with van der Waals surface area (Å²) in [7, 11) is 0. The Labute approximate surface area is 125 Å². The van der Waals surface area contributed by atoms with Crippen LogP contribution in [0.2, 0.25) is 0 Å². The van der Waals surface area contributed by atoms with Gasteiger partial charge in [0, 0.05) is 25.2 Å². The highest BCUT2D eigenvalue weighted by Crippen LogP contribution is 2.04. The van der Waals surface area contributed by atoms with E-state index in [4.69, 9.17) is 0 Å². The summed E-state index contributed by atoms with van der Waals surface area (Å²) in [4.78, 5) is 28.0. The number of aryl methyl sites for hydroxylation is 1. The van der Waals surface area contributed by atoms with Crippen molar-refractivity contribution in [2.75, 3.05) is 5.32 Å². The Balaban J connectivity index is 1.70. The van der Waals surface area contributed by atoms with E-state index in [9.17, 15) is 9.59 Å². The van der Waals surface area contributed by atoms with Gasteiger partial charge in [0.15, 0.2) is 5.65 Å². The Hall–Kier alpha value is -3.09. The van der Waals surface area contributed by atoms with Crippen molar-refractivity contribution in [1.29, 1.82) is 0 Å². The molecule has 7 nitrogen and oxygen atoms in total. The normalized spacial score (nSPS) is 10.5. The topological polar surface area (TPSA) is 89.3 Å². The second kappa shape index (κ2) is 6.13. The van der Waals surface area contributed by atoms with Gasteiger partial charge in [-0.25, -0.2) is 0 Å². The number of carbonyl (C=O) groups excluding carboxylic acids is 1. The van der Waals surface area contributed by atoms with Crippen LogP contribution in [0.4, 0.5) is 5.69 Å². The zero-order valence-corrected chi connectivity index (χ0v) is 11.6. The van der Waals surface area contributed by atoms with E-state index in [0.29, 0.717) is 11.3 Å². The molecule has 0 bridgehead atoms. The smallest absolute Gasteiger partial charge is 0.279 e. The Morgan fingerprint density at radius 1 is 1.18 bits per heavy atom. The molecule has 0 radical (unpaired) electrons. The van der Waals surface area contributed by atoms with Crippen molar-refractivity contribution in [2.24, 2.45) is 0 Å². The van der Waals surface area contributed by atoms with E-state index in [-0.39, 0.29) is 30.0 Å². The van der Waals surface area contributed by atoms with Crippen LogP contribution in [0.25, 0.3) is 5.65 Å². The zero-order valence-electron chi connectivity index (χ0n) is 11.6. The maximum Gasteiger partial charge on any atom is 0.279 e. The van der Waals surface area contributed by atoms with Crippen molar-refractivity contribution in [3.8, 4) is 0 Å². The van der Waals surface area contributed by atoms with Gasteiger partial charge in [-0.2, -0.15) is 0 Å². The van der Waals surface area contributed by atoms with E-state index in [0.717, 1.165) is 0 Å². The van der Waals surface area contributed by atoms with Gasteiger partial charge in [0.25, 0.3) is 5.56 Å². The number of aromatic nitrogens is 4. The molecule has 0 aromatic carbocycles. The molecule has 110 valence electrons. The van der Waals surface area contributed by atoms with Crippen molar-refractivity contribution in [3.05, 3.63) is 65.0 Å². The fourth-order valence-electron chi connectivity index (χ4n) is 2.03. The standard InChI is InChI=1S/C15H13N5O2/c21-14(17-11-4-3-8-16-10-11)7-6-12-15(22)20-9-2-1-5-13(20)19-18-12/h1-5,8-10H,6-7H2,(H,17,21). The van der Waals surface area contributed by atoms with Crippen molar-refractivity contribution in [1.82, 2.24) is 19.6 Å². The Morgan fingerprint density at radius 2 is 2.09 bits per heavy atom. The molecule has 0 atom stereocenters. The predicted octanol–water partition coefficient (Wildman–Crippen LogP) is 1.06. The first-order valence-electron chi connectivity index (χ1n) is 6.77. The first-order valence-corrected chi connectivity index (χ1v) is 6.77. The summed E-state index contributed by atoms with van der Waals surface area (Å²) in [5, 5.41) is 10.6. The number of nitrogens with zero attached hydrogens (tertiary/aromatic N) is 4. The molecule has 1 amide bonds. The fourth-order valence-corrected chi connectivity index (χ4v) is 2.03. The average Bonchev–Trinajstić information content (AvgIpc) is 2.55. The van der Waals surface area contributed by atoms with Crippen LogP contribution in [0.3, 0.4) is 0 Å². The van der Waals surface area contributed by atoms with E-state index in [1.165, 1.54) is 4.40 Å². The number of amides is 1. The van der Waals surface area contributed by atoms with E-state index in [1.807, 2.05) is 0 Å². The summed E-state index contributed by atoms with van der Waals surface area (Å²) >= 11 is 0. The largest absolute Gasteiger partial charge is 0.325 e. The molecular weight excluding hydrogens is 282 g/mol. The maximum atomic E-state index is 12.2. The van der Waals surface area contributed by atoms with E-state index >= 15 is 0 Å². The Kier molecular flexibility index (Phi) is 3.86. The molecule has 0 aliphatic rings. The number of rotatable bonds is 4. The quantitative estimate of drug-likeness (QED) is 0.777. The minimum absolute atomic E-state index is 0.151. The zero-order chi connectivity index (χ0) is 15.4. The summed E-state index contributed by atoms with van der Waals surface area (Å²) in [6.07, 6.45) is 5.20. The Morgan fingerprint density at radius 3 is 2.91 bits per heavy atom. The number of hydrogen-bond donors (Lipinski definition) is 1. The number of anilines is 1. The molecule has 3 rings (SSSR count). The van der Waals surface area contributed by atoms with Crippen molar-refractivity contribution < 1.29 is 4.79 Å². The van der Waals surface area contributed by atoms with Crippen molar-refractivity contribution in [2.45, 2.75) is 12.8 Å². The van der Waals surface area contributed by atoms with Crippen LogP contribution in [-0.4, -0.2) is 25.5 Å². The molecule has 0 aliphatic carbocycles. The number of nitrogens with one attached hydrogen (secondary N) is 1. The van der Waals surface area contributed by atoms with Gasteiger partial charge in [0.05, 0.1) is 11.9 Å². The first kappa shape index (κ1) is 13.9. The third kappa shape index (κ3) is 2.98. The van der Waals surface area contributed by atoms with E-state index < -0.39 is 0 Å². The highest BCUT2D eigenvalue weighted by atomic mass is 16.1. The van der Waals surface area contributed by atoms with Gasteiger partial charge in [0.1, 0.15) is 5.69 Å². The molecule has 0 saturated carbocycles. The van der Waals surface area contributed by atoms with Crippen LogP contribution in [0.5, 0.6) is 0 Å². The molecular formula is C15H13N5O2. The van der Waals surface area contributed by atoms with E-state index in [1.54, 1.807) is 48.9 Å². The monoisotopic (exact) mass is 295 g/mol. The molecule has 1 N–H and O–H groups in total. The number of pyridine rings is 2. The van der Waals surface area contributed by atoms with Gasteiger partial charge < -0.3 is 5.32 Å². The minimum atomic E-state index is -0.250. The second-order valence-electron chi connectivity index (χ2n) is 4.67. The van der Waals surface area contributed by atoms with Crippen LogP contribution < -0.4 is 10.9 Å². The average molecular weight is 295 g/mol. The molecule has 0 fully saturated rings. The lowest BCUT2D eigenvalue weighted by Crippen LogP contribution is -2.23. The highest BCUT2D eigenvalue weighted by molar-refractivity contribution is 5.90. The minimum Gasteiger partial charge on any atom is -0.325 e. The fraction of sp³-hybridized carbons (Fsp3) is 0.133. The summed E-state index contributed by atoms with van der Waals surface area (Å²) in [6, 6.07) is 8.71. The second-order valence-corrected chi connectivity index (χ2v) is 4.67. The highest BCUT2D eigenvalue weighted by Gasteiger charge is 2.09. The molecule has 3 aromatic heterocycles. The van der Waals surface area contributed by atoms with Gasteiger partial charge in [-0.3, -0.25) is 19.0 Å². The van der Waals surface area contributed by atoms with Gasteiger partial charge in [-0.1, -0.05) is 6.07 Å². The summed E-state index contributed by atoms with van der Waals surface area (Å²) in [5.74, 6) is -0.202. The lowest BCUT2D eigenvalue weighted by molar-refractivity contribution is -0.116. The van der Waals surface area contributed by atoms with Gasteiger partial charge in [-0.15, -0.1) is 10.2 Å². The number of carbonyl (C=O) groups is 1. The molecule has 22 heavy (non-hydrogen) atoms. The van der Waals surface area contributed by atoms with E-state index in [2.05, 4.69) is 20.5 Å². The van der Waals surface area contributed by atoms with Gasteiger partial charge in [0.2, 0.25) is 5.91 Å².